The summed E-state index contributed by atoms with van der Waals surface area (Å²) in [4.78, 5) is 22.0. The third-order valence-corrected chi connectivity index (χ3v) is 3.40. The van der Waals surface area contributed by atoms with Crippen molar-refractivity contribution in [2.45, 2.75) is 6.92 Å². The number of fused-ring (bicyclic) bond motifs is 1. The Kier molecular flexibility index (Phi) is 2.05. The lowest BCUT2D eigenvalue weighted by molar-refractivity contribution is 1.21. The molecule has 0 spiro atoms. The molecule has 0 unspecified atom stereocenters. The number of nitrogen functional groups attached to an aromatic ring is 1. The van der Waals surface area contributed by atoms with E-state index in [2.05, 4.69) is 15.0 Å². The number of hydrogen-bond acceptors (Lipinski definition) is 4. The minimum Gasteiger partial charge on any atom is -0.375 e. The quantitative estimate of drug-likeness (QED) is 0.612. The van der Waals surface area contributed by atoms with Crippen LogP contribution in [0.4, 0.5) is 5.13 Å². The Bertz CT molecular complexity index is 752. The zero-order chi connectivity index (χ0) is 12.0. The van der Waals surface area contributed by atoms with Crippen molar-refractivity contribution in [3.8, 4) is 11.3 Å². The van der Waals surface area contributed by atoms with Crippen molar-refractivity contribution in [2.24, 2.45) is 0 Å². The summed E-state index contributed by atoms with van der Waals surface area (Å²) < 4.78 is 0. The van der Waals surface area contributed by atoms with Crippen LogP contribution in [0.15, 0.2) is 23.0 Å². The fourth-order valence-corrected chi connectivity index (χ4v) is 2.58. The van der Waals surface area contributed by atoms with Crippen LogP contribution in [0.3, 0.4) is 0 Å². The predicted octanol–water partition coefficient (Wildman–Crippen LogP) is 1.87. The van der Waals surface area contributed by atoms with Crippen LogP contribution in [0.5, 0.6) is 0 Å². The number of nitrogens with zero attached hydrogens (tertiary/aromatic N) is 1. The molecule has 0 atom stereocenters. The van der Waals surface area contributed by atoms with Gasteiger partial charge in [0.1, 0.15) is 0 Å². The van der Waals surface area contributed by atoms with E-state index in [-0.39, 0.29) is 5.69 Å². The van der Waals surface area contributed by atoms with Crippen LogP contribution in [0.2, 0.25) is 0 Å². The smallest absolute Gasteiger partial charge is 0.323 e. The highest BCUT2D eigenvalue weighted by Gasteiger charge is 2.09. The van der Waals surface area contributed by atoms with E-state index in [0.29, 0.717) is 5.13 Å². The Morgan fingerprint density at radius 3 is 2.76 bits per heavy atom. The third-order valence-electron chi connectivity index (χ3n) is 2.60. The standard InChI is InChI=1S/C11H10N4OS/c1-5-9(15-10(12)17-5)6-2-3-7-8(4-6)14-11(16)13-7/h2-4H,1H3,(H2,12,15)(H2,13,14,16). The molecule has 0 saturated heterocycles. The number of aromatic nitrogens is 3. The first kappa shape index (κ1) is 10.1. The molecular weight excluding hydrogens is 236 g/mol. The van der Waals surface area contributed by atoms with Crippen molar-refractivity contribution < 1.29 is 0 Å². The van der Waals surface area contributed by atoms with Gasteiger partial charge in [0.15, 0.2) is 5.13 Å². The summed E-state index contributed by atoms with van der Waals surface area (Å²) in [5, 5.41) is 0.556. The van der Waals surface area contributed by atoms with E-state index in [1.807, 2.05) is 25.1 Å². The minimum atomic E-state index is -0.202. The number of aryl methyl sites for hydroxylation is 1. The van der Waals surface area contributed by atoms with Gasteiger partial charge in [-0.15, -0.1) is 11.3 Å². The highest BCUT2D eigenvalue weighted by atomic mass is 32.1. The van der Waals surface area contributed by atoms with Crippen molar-refractivity contribution in [1.29, 1.82) is 0 Å². The second-order valence-electron chi connectivity index (χ2n) is 3.80. The van der Waals surface area contributed by atoms with Gasteiger partial charge < -0.3 is 15.7 Å². The Balaban J connectivity index is 2.23. The van der Waals surface area contributed by atoms with Crippen molar-refractivity contribution in [3.63, 3.8) is 0 Å². The van der Waals surface area contributed by atoms with E-state index in [4.69, 9.17) is 5.73 Å². The number of nitrogens with one attached hydrogen (secondary N) is 2. The summed E-state index contributed by atoms with van der Waals surface area (Å²) in [6.45, 7) is 1.98. The number of nitrogens with two attached hydrogens (primary N) is 1. The molecule has 86 valence electrons. The summed E-state index contributed by atoms with van der Waals surface area (Å²) in [6.07, 6.45) is 0. The first-order chi connectivity index (χ1) is 8.13. The number of benzene rings is 1. The number of hydrogen-bond donors (Lipinski definition) is 3. The molecular formula is C11H10N4OS. The lowest BCUT2D eigenvalue weighted by Crippen LogP contribution is -1.99. The maximum Gasteiger partial charge on any atom is 0.323 e. The molecule has 0 aliphatic carbocycles. The highest BCUT2D eigenvalue weighted by molar-refractivity contribution is 7.15. The number of H-pyrrole nitrogens is 2. The molecule has 5 nitrogen and oxygen atoms in total. The fraction of sp³-hybridized carbons (Fsp3) is 0.0909. The van der Waals surface area contributed by atoms with Crippen LogP contribution in [-0.4, -0.2) is 15.0 Å². The van der Waals surface area contributed by atoms with Crippen LogP contribution in [0.25, 0.3) is 22.3 Å². The van der Waals surface area contributed by atoms with E-state index in [1.165, 1.54) is 11.3 Å². The van der Waals surface area contributed by atoms with Gasteiger partial charge in [-0.1, -0.05) is 6.07 Å². The summed E-state index contributed by atoms with van der Waals surface area (Å²) >= 11 is 1.46. The number of imidazole rings is 1. The first-order valence-electron chi connectivity index (χ1n) is 5.09. The second-order valence-corrected chi connectivity index (χ2v) is 5.03. The number of thiazole rings is 1. The van der Waals surface area contributed by atoms with Crippen LogP contribution >= 0.6 is 11.3 Å². The zero-order valence-electron chi connectivity index (χ0n) is 9.07. The fourth-order valence-electron chi connectivity index (χ4n) is 1.86. The minimum absolute atomic E-state index is 0.202. The maximum absolute atomic E-state index is 11.2. The molecule has 3 aromatic rings. The lowest BCUT2D eigenvalue weighted by atomic mass is 10.1. The van der Waals surface area contributed by atoms with E-state index < -0.39 is 0 Å². The molecule has 2 heterocycles. The molecule has 0 amide bonds. The molecule has 0 bridgehead atoms. The molecule has 1 aromatic carbocycles. The molecule has 0 saturated carbocycles. The first-order valence-corrected chi connectivity index (χ1v) is 5.90. The molecule has 0 radical (unpaired) electrons. The van der Waals surface area contributed by atoms with Gasteiger partial charge in [-0.3, -0.25) is 0 Å². The number of rotatable bonds is 1. The number of anilines is 1. The van der Waals surface area contributed by atoms with E-state index in [1.54, 1.807) is 0 Å². The van der Waals surface area contributed by atoms with E-state index in [9.17, 15) is 4.79 Å². The predicted molar refractivity (Wildman–Crippen MR) is 69.2 cm³/mol. The molecule has 2 aromatic heterocycles. The van der Waals surface area contributed by atoms with Crippen LogP contribution in [0.1, 0.15) is 4.88 Å². The van der Waals surface area contributed by atoms with Gasteiger partial charge in [0.2, 0.25) is 0 Å². The van der Waals surface area contributed by atoms with Crippen molar-refractivity contribution in [2.75, 3.05) is 5.73 Å². The van der Waals surface area contributed by atoms with Crippen LogP contribution in [-0.2, 0) is 0 Å². The van der Waals surface area contributed by atoms with Crippen LogP contribution in [0, 0.1) is 6.92 Å². The Morgan fingerprint density at radius 1 is 1.29 bits per heavy atom. The van der Waals surface area contributed by atoms with Gasteiger partial charge in [0, 0.05) is 10.4 Å². The Labute approximate surface area is 100 Å². The third kappa shape index (κ3) is 1.62. The average molecular weight is 246 g/mol. The molecule has 6 heteroatoms. The van der Waals surface area contributed by atoms with Crippen molar-refractivity contribution in [1.82, 2.24) is 15.0 Å². The van der Waals surface area contributed by atoms with Gasteiger partial charge in [-0.25, -0.2) is 9.78 Å². The molecule has 4 N–H and O–H groups in total. The molecule has 0 fully saturated rings. The SMILES string of the molecule is Cc1sc(N)nc1-c1ccc2[nH]c(=O)[nH]c2c1. The topological polar surface area (TPSA) is 87.6 Å². The molecule has 17 heavy (non-hydrogen) atoms. The lowest BCUT2D eigenvalue weighted by Gasteiger charge is -1.98. The van der Waals surface area contributed by atoms with E-state index >= 15 is 0 Å². The second kappa shape index (κ2) is 3.46. The van der Waals surface area contributed by atoms with Gasteiger partial charge >= 0.3 is 5.69 Å². The van der Waals surface area contributed by atoms with Gasteiger partial charge in [-0.2, -0.15) is 0 Å². The Hall–Kier alpha value is -2.08. The highest BCUT2D eigenvalue weighted by Crippen LogP contribution is 2.29. The monoisotopic (exact) mass is 246 g/mol. The number of aromatic amines is 2. The summed E-state index contributed by atoms with van der Waals surface area (Å²) in [7, 11) is 0. The Morgan fingerprint density at radius 2 is 2.06 bits per heavy atom. The largest absolute Gasteiger partial charge is 0.375 e. The van der Waals surface area contributed by atoms with Gasteiger partial charge in [0.25, 0.3) is 0 Å². The van der Waals surface area contributed by atoms with Gasteiger partial charge in [-0.05, 0) is 19.1 Å². The maximum atomic E-state index is 11.2. The van der Waals surface area contributed by atoms with Crippen molar-refractivity contribution >= 4 is 27.5 Å². The average Bonchev–Trinajstić information content (AvgIpc) is 2.78. The molecule has 3 rings (SSSR count). The molecule has 0 aliphatic rings. The normalized spacial score (nSPS) is 11.1. The summed E-state index contributed by atoms with van der Waals surface area (Å²) in [5.74, 6) is 0. The summed E-state index contributed by atoms with van der Waals surface area (Å²) in [6, 6.07) is 5.68. The summed E-state index contributed by atoms with van der Waals surface area (Å²) in [5.41, 5.74) is 8.87. The van der Waals surface area contributed by atoms with E-state index in [0.717, 1.165) is 27.2 Å². The van der Waals surface area contributed by atoms with Gasteiger partial charge in [0.05, 0.1) is 16.7 Å². The van der Waals surface area contributed by atoms with Crippen molar-refractivity contribution in [3.05, 3.63) is 33.6 Å². The molecule has 0 aliphatic heterocycles. The zero-order valence-corrected chi connectivity index (χ0v) is 9.89. The van der Waals surface area contributed by atoms with Crippen LogP contribution < -0.4 is 11.4 Å².